The third-order valence-electron chi connectivity index (χ3n) is 5.57. The van der Waals surface area contributed by atoms with Crippen molar-refractivity contribution < 1.29 is 19.0 Å². The van der Waals surface area contributed by atoms with Crippen LogP contribution < -0.4 is 4.74 Å². The van der Waals surface area contributed by atoms with Crippen molar-refractivity contribution in [1.29, 1.82) is 0 Å². The highest BCUT2D eigenvalue weighted by molar-refractivity contribution is 5.85. The second-order valence-corrected chi connectivity index (χ2v) is 8.20. The second-order valence-electron chi connectivity index (χ2n) is 8.20. The SMILES string of the molecule is CC(C)(Oc1ccc(/C=C/c2ccncc2)cc1)C(=O)N1CCC2(CC1)OCCO2. The summed E-state index contributed by atoms with van der Waals surface area (Å²) in [6, 6.07) is 11.7. The number of likely N-dealkylation sites (tertiary alicyclic amines) is 1. The predicted octanol–water partition coefficient (Wildman–Crippen LogP) is 3.77. The van der Waals surface area contributed by atoms with E-state index in [0.717, 1.165) is 11.1 Å². The molecule has 1 aromatic carbocycles. The van der Waals surface area contributed by atoms with Gasteiger partial charge >= 0.3 is 0 Å². The van der Waals surface area contributed by atoms with Crippen LogP contribution in [-0.2, 0) is 14.3 Å². The highest BCUT2D eigenvalue weighted by Gasteiger charge is 2.43. The number of carbonyl (C=O) groups excluding carboxylic acids is 1. The third kappa shape index (κ3) is 4.71. The molecule has 4 rings (SSSR count). The van der Waals surface area contributed by atoms with E-state index < -0.39 is 11.4 Å². The average Bonchev–Trinajstić information content (AvgIpc) is 3.22. The molecular formula is C24H28N2O4. The number of amides is 1. The molecule has 1 amide bonds. The Morgan fingerprint density at radius 2 is 1.57 bits per heavy atom. The van der Waals surface area contributed by atoms with Crippen LogP contribution in [0.25, 0.3) is 12.2 Å². The monoisotopic (exact) mass is 408 g/mol. The first-order valence-electron chi connectivity index (χ1n) is 10.4. The first-order valence-corrected chi connectivity index (χ1v) is 10.4. The fraction of sp³-hybridized carbons (Fsp3) is 0.417. The van der Waals surface area contributed by atoms with Crippen molar-refractivity contribution in [1.82, 2.24) is 9.88 Å². The zero-order valence-corrected chi connectivity index (χ0v) is 17.5. The van der Waals surface area contributed by atoms with Crippen LogP contribution in [0.3, 0.4) is 0 Å². The molecule has 158 valence electrons. The molecule has 2 saturated heterocycles. The Hall–Kier alpha value is -2.70. The molecule has 30 heavy (non-hydrogen) atoms. The normalized spacial score (nSPS) is 18.8. The van der Waals surface area contributed by atoms with Gasteiger partial charge in [-0.05, 0) is 49.2 Å². The maximum atomic E-state index is 13.1. The molecule has 0 unspecified atom stereocenters. The first-order chi connectivity index (χ1) is 14.5. The molecule has 1 spiro atoms. The van der Waals surface area contributed by atoms with Crippen molar-refractivity contribution in [3.63, 3.8) is 0 Å². The Morgan fingerprint density at radius 1 is 1.00 bits per heavy atom. The number of ether oxygens (including phenoxy) is 3. The minimum absolute atomic E-state index is 0.0167. The van der Waals surface area contributed by atoms with Crippen molar-refractivity contribution in [2.45, 2.75) is 38.1 Å². The molecular weight excluding hydrogens is 380 g/mol. The maximum Gasteiger partial charge on any atom is 0.266 e. The van der Waals surface area contributed by atoms with Gasteiger partial charge in [-0.25, -0.2) is 0 Å². The van der Waals surface area contributed by atoms with E-state index in [9.17, 15) is 4.79 Å². The highest BCUT2D eigenvalue weighted by Crippen LogP contribution is 2.32. The van der Waals surface area contributed by atoms with E-state index in [2.05, 4.69) is 4.98 Å². The lowest BCUT2D eigenvalue weighted by atomic mass is 10.0. The number of carbonyl (C=O) groups is 1. The summed E-state index contributed by atoms with van der Waals surface area (Å²) in [6.07, 6.45) is 9.01. The molecule has 2 aliphatic heterocycles. The number of nitrogens with zero attached hydrogens (tertiary/aromatic N) is 2. The van der Waals surface area contributed by atoms with Crippen molar-refractivity contribution in [2.75, 3.05) is 26.3 Å². The summed E-state index contributed by atoms with van der Waals surface area (Å²) in [4.78, 5) is 18.9. The summed E-state index contributed by atoms with van der Waals surface area (Å²) >= 11 is 0. The largest absolute Gasteiger partial charge is 0.478 e. The van der Waals surface area contributed by atoms with Gasteiger partial charge in [0.2, 0.25) is 0 Å². The smallest absolute Gasteiger partial charge is 0.266 e. The first kappa shape index (κ1) is 20.6. The van der Waals surface area contributed by atoms with Crippen molar-refractivity contribution in [2.24, 2.45) is 0 Å². The van der Waals surface area contributed by atoms with E-state index >= 15 is 0 Å². The lowest BCUT2D eigenvalue weighted by molar-refractivity contribution is -0.190. The Kier molecular flexibility index (Phi) is 5.88. The van der Waals surface area contributed by atoms with Crippen molar-refractivity contribution in [3.8, 4) is 5.75 Å². The summed E-state index contributed by atoms with van der Waals surface area (Å²) in [5, 5.41) is 0. The topological polar surface area (TPSA) is 60.9 Å². The molecule has 0 N–H and O–H groups in total. The number of rotatable bonds is 5. The predicted molar refractivity (Wildman–Crippen MR) is 115 cm³/mol. The number of benzene rings is 1. The van der Waals surface area contributed by atoms with Crippen LogP contribution in [0.1, 0.15) is 37.8 Å². The van der Waals surface area contributed by atoms with Gasteiger partial charge in [-0.3, -0.25) is 9.78 Å². The Balaban J connectivity index is 1.34. The van der Waals surface area contributed by atoms with Crippen LogP contribution >= 0.6 is 0 Å². The quantitative estimate of drug-likeness (QED) is 0.754. The molecule has 6 heteroatoms. The summed E-state index contributed by atoms with van der Waals surface area (Å²) < 4.78 is 17.6. The zero-order chi connectivity index (χ0) is 21.0. The fourth-order valence-corrected chi connectivity index (χ4v) is 3.87. The van der Waals surface area contributed by atoms with E-state index in [-0.39, 0.29) is 5.91 Å². The standard InChI is InChI=1S/C24H28N2O4/c1-23(2,22(27)26-15-11-24(12-16-26)28-17-18-29-24)30-21-7-5-19(6-8-21)3-4-20-9-13-25-14-10-20/h3-10,13-14H,11-12,15-18H2,1-2H3/b4-3+. The van der Waals surface area contributed by atoms with Crippen molar-refractivity contribution >= 4 is 18.1 Å². The summed E-state index contributed by atoms with van der Waals surface area (Å²) in [5.74, 6) is 0.170. The molecule has 0 radical (unpaired) electrons. The van der Waals surface area contributed by atoms with Gasteiger partial charge in [0, 0.05) is 38.3 Å². The molecule has 2 aliphatic rings. The minimum atomic E-state index is -0.948. The van der Waals surface area contributed by atoms with Gasteiger partial charge in [-0.2, -0.15) is 0 Å². The van der Waals surface area contributed by atoms with E-state index in [1.165, 1.54) is 0 Å². The third-order valence-corrected chi connectivity index (χ3v) is 5.57. The number of piperidine rings is 1. The van der Waals surface area contributed by atoms with Crippen molar-refractivity contribution in [3.05, 3.63) is 59.9 Å². The number of pyridine rings is 1. The second kappa shape index (κ2) is 8.58. The molecule has 6 nitrogen and oxygen atoms in total. The molecule has 0 aliphatic carbocycles. The minimum Gasteiger partial charge on any atom is -0.478 e. The van der Waals surface area contributed by atoms with E-state index in [1.54, 1.807) is 12.4 Å². The Bertz CT molecular complexity index is 877. The highest BCUT2D eigenvalue weighted by atomic mass is 16.7. The summed E-state index contributed by atoms with van der Waals surface area (Å²) in [6.45, 7) is 6.14. The number of hydrogen-bond donors (Lipinski definition) is 0. The van der Waals surface area contributed by atoms with E-state index in [1.807, 2.05) is 67.3 Å². The maximum absolute atomic E-state index is 13.1. The van der Waals surface area contributed by atoms with Gasteiger partial charge in [-0.15, -0.1) is 0 Å². The number of aromatic nitrogens is 1. The summed E-state index contributed by atoms with van der Waals surface area (Å²) in [5.41, 5.74) is 1.20. The van der Waals surface area contributed by atoms with Crippen LogP contribution in [0.2, 0.25) is 0 Å². The van der Waals surface area contributed by atoms with Crippen LogP contribution in [0.5, 0.6) is 5.75 Å². The molecule has 0 bridgehead atoms. The molecule has 2 fully saturated rings. The van der Waals surface area contributed by atoms with Gasteiger partial charge < -0.3 is 19.1 Å². The molecule has 1 aromatic heterocycles. The van der Waals surface area contributed by atoms with Crippen LogP contribution in [0.15, 0.2) is 48.8 Å². The van der Waals surface area contributed by atoms with Gasteiger partial charge in [0.1, 0.15) is 5.75 Å². The number of hydrogen-bond acceptors (Lipinski definition) is 5. The molecule has 0 atom stereocenters. The van der Waals surface area contributed by atoms with Crippen LogP contribution in [0.4, 0.5) is 0 Å². The zero-order valence-electron chi connectivity index (χ0n) is 17.5. The lowest BCUT2D eigenvalue weighted by Crippen LogP contribution is -2.54. The Morgan fingerprint density at radius 3 is 2.17 bits per heavy atom. The molecule has 0 saturated carbocycles. The van der Waals surface area contributed by atoms with Crippen LogP contribution in [0, 0.1) is 0 Å². The van der Waals surface area contributed by atoms with Crippen LogP contribution in [-0.4, -0.2) is 53.5 Å². The molecule has 3 heterocycles. The van der Waals surface area contributed by atoms with Gasteiger partial charge in [0.05, 0.1) is 13.2 Å². The molecule has 2 aromatic rings. The van der Waals surface area contributed by atoms with E-state index in [0.29, 0.717) is 44.9 Å². The average molecular weight is 408 g/mol. The lowest BCUT2D eigenvalue weighted by Gasteiger charge is -2.40. The van der Waals surface area contributed by atoms with E-state index in [4.69, 9.17) is 14.2 Å². The van der Waals surface area contributed by atoms with Gasteiger partial charge in [-0.1, -0.05) is 24.3 Å². The fourth-order valence-electron chi connectivity index (χ4n) is 3.87. The summed E-state index contributed by atoms with van der Waals surface area (Å²) in [7, 11) is 0. The Labute approximate surface area is 177 Å². The van der Waals surface area contributed by atoms with Gasteiger partial charge in [0.25, 0.3) is 5.91 Å². The van der Waals surface area contributed by atoms with Gasteiger partial charge in [0.15, 0.2) is 11.4 Å².